The van der Waals surface area contributed by atoms with Crippen LogP contribution in [-0.4, -0.2) is 29.2 Å². The first kappa shape index (κ1) is 18.7. The van der Waals surface area contributed by atoms with E-state index in [9.17, 15) is 4.79 Å². The van der Waals surface area contributed by atoms with Gasteiger partial charge in [0.2, 0.25) is 0 Å². The van der Waals surface area contributed by atoms with Gasteiger partial charge < -0.3 is 9.47 Å². The summed E-state index contributed by atoms with van der Waals surface area (Å²) in [5.41, 5.74) is -0.684. The lowest BCUT2D eigenvalue weighted by Gasteiger charge is -2.36. The molecule has 19 heavy (non-hydrogen) atoms. The van der Waals surface area contributed by atoms with Gasteiger partial charge in [-0.2, -0.15) is 0 Å². The maximum atomic E-state index is 11.7. The summed E-state index contributed by atoms with van der Waals surface area (Å²) in [6.07, 6.45) is 1.68. The van der Waals surface area contributed by atoms with Gasteiger partial charge in [-0.1, -0.05) is 20.8 Å². The Bertz CT molecular complexity index is 289. The Kier molecular flexibility index (Phi) is 7.38. The minimum Gasteiger partial charge on any atom is -0.458 e. The molecule has 4 heteroatoms. The van der Waals surface area contributed by atoms with E-state index in [-0.39, 0.29) is 17.5 Å². The number of rotatable bonds is 8. The monoisotopic (exact) mass is 292 g/mol. The Morgan fingerprint density at radius 1 is 1.16 bits per heavy atom. The standard InChI is InChI=1S/C15H29ClO3/c1-8-14(5,6)18-10-11(3)15(7,9-2)19-13(17)12(4)16/h11-12H,8-10H2,1-7H3. The highest BCUT2D eigenvalue weighted by Gasteiger charge is 2.35. The minimum absolute atomic E-state index is 0.114. The molecule has 0 saturated heterocycles. The molecule has 0 saturated carbocycles. The number of halogens is 1. The molecule has 0 aliphatic carbocycles. The lowest BCUT2D eigenvalue weighted by atomic mass is 9.88. The van der Waals surface area contributed by atoms with Crippen molar-refractivity contribution in [1.82, 2.24) is 0 Å². The zero-order chi connectivity index (χ0) is 15.3. The van der Waals surface area contributed by atoms with Crippen LogP contribution in [0.5, 0.6) is 0 Å². The third-order valence-electron chi connectivity index (χ3n) is 3.98. The summed E-state index contributed by atoms with van der Waals surface area (Å²) >= 11 is 5.76. The van der Waals surface area contributed by atoms with E-state index < -0.39 is 11.0 Å². The topological polar surface area (TPSA) is 35.5 Å². The van der Waals surface area contributed by atoms with E-state index in [0.29, 0.717) is 6.61 Å². The summed E-state index contributed by atoms with van der Waals surface area (Å²) in [7, 11) is 0. The molecule has 114 valence electrons. The van der Waals surface area contributed by atoms with Gasteiger partial charge >= 0.3 is 5.97 Å². The number of hydrogen-bond donors (Lipinski definition) is 0. The fraction of sp³-hybridized carbons (Fsp3) is 0.933. The second-order valence-corrected chi connectivity index (χ2v) is 6.68. The van der Waals surface area contributed by atoms with Gasteiger partial charge in [-0.05, 0) is 40.5 Å². The lowest BCUT2D eigenvalue weighted by Crippen LogP contribution is -2.42. The van der Waals surface area contributed by atoms with E-state index in [0.717, 1.165) is 12.8 Å². The minimum atomic E-state index is -0.619. The van der Waals surface area contributed by atoms with Crippen LogP contribution in [0.2, 0.25) is 0 Å². The van der Waals surface area contributed by atoms with E-state index in [1.165, 1.54) is 0 Å². The number of carbonyl (C=O) groups excluding carboxylic acids is 1. The van der Waals surface area contributed by atoms with Gasteiger partial charge in [0.05, 0.1) is 12.2 Å². The summed E-state index contributed by atoms with van der Waals surface area (Å²) in [6.45, 7) is 14.4. The van der Waals surface area contributed by atoms with Crippen molar-refractivity contribution in [3.63, 3.8) is 0 Å². The Morgan fingerprint density at radius 3 is 2.05 bits per heavy atom. The first-order valence-electron chi connectivity index (χ1n) is 7.09. The van der Waals surface area contributed by atoms with Crippen LogP contribution in [0.4, 0.5) is 0 Å². The maximum Gasteiger partial charge on any atom is 0.324 e. The van der Waals surface area contributed by atoms with E-state index in [1.807, 2.05) is 20.8 Å². The van der Waals surface area contributed by atoms with Crippen LogP contribution in [0.3, 0.4) is 0 Å². The van der Waals surface area contributed by atoms with Crippen molar-refractivity contribution in [2.24, 2.45) is 5.92 Å². The van der Waals surface area contributed by atoms with Crippen molar-refractivity contribution in [2.75, 3.05) is 6.61 Å². The smallest absolute Gasteiger partial charge is 0.324 e. The fourth-order valence-corrected chi connectivity index (χ4v) is 1.51. The molecule has 0 aromatic heterocycles. The van der Waals surface area contributed by atoms with Crippen LogP contribution in [-0.2, 0) is 14.3 Å². The molecule has 0 rings (SSSR count). The predicted molar refractivity (Wildman–Crippen MR) is 79.6 cm³/mol. The molecule has 0 aromatic rings. The molecule has 0 N–H and O–H groups in total. The Labute approximate surface area is 123 Å². The third-order valence-corrected chi connectivity index (χ3v) is 4.16. The van der Waals surface area contributed by atoms with Gasteiger partial charge in [0.1, 0.15) is 11.0 Å². The molecular formula is C15H29ClO3. The molecule has 0 aliphatic rings. The lowest BCUT2D eigenvalue weighted by molar-refractivity contribution is -0.168. The molecule has 0 radical (unpaired) electrons. The highest BCUT2D eigenvalue weighted by atomic mass is 35.5. The first-order valence-corrected chi connectivity index (χ1v) is 7.52. The molecule has 3 unspecified atom stereocenters. The summed E-state index contributed by atoms with van der Waals surface area (Å²) in [5, 5.41) is -0.619. The van der Waals surface area contributed by atoms with Crippen molar-refractivity contribution >= 4 is 17.6 Å². The van der Waals surface area contributed by atoms with Crippen LogP contribution in [0.25, 0.3) is 0 Å². The van der Waals surface area contributed by atoms with Gasteiger partial charge in [-0.15, -0.1) is 11.6 Å². The maximum absolute atomic E-state index is 11.7. The second-order valence-electron chi connectivity index (χ2n) is 6.03. The molecule has 0 bridgehead atoms. The van der Waals surface area contributed by atoms with Crippen molar-refractivity contribution in [2.45, 2.75) is 77.9 Å². The SMILES string of the molecule is CCC(C)(C)OCC(C)C(C)(CC)OC(=O)C(C)Cl. The molecule has 0 aromatic carbocycles. The van der Waals surface area contributed by atoms with E-state index in [2.05, 4.69) is 20.8 Å². The van der Waals surface area contributed by atoms with Gasteiger partial charge in [0, 0.05) is 5.92 Å². The summed E-state index contributed by atoms with van der Waals surface area (Å²) in [6, 6.07) is 0. The zero-order valence-electron chi connectivity index (χ0n) is 13.4. The quantitative estimate of drug-likeness (QED) is 0.497. The van der Waals surface area contributed by atoms with E-state index >= 15 is 0 Å². The summed E-state index contributed by atoms with van der Waals surface area (Å²) in [4.78, 5) is 11.7. The van der Waals surface area contributed by atoms with Crippen LogP contribution in [0.15, 0.2) is 0 Å². The van der Waals surface area contributed by atoms with Crippen LogP contribution in [0, 0.1) is 5.92 Å². The fourth-order valence-electron chi connectivity index (χ4n) is 1.46. The molecule has 0 spiro atoms. The highest BCUT2D eigenvalue weighted by Crippen LogP contribution is 2.28. The molecule has 0 heterocycles. The van der Waals surface area contributed by atoms with E-state index in [4.69, 9.17) is 21.1 Å². The Hall–Kier alpha value is -0.280. The van der Waals surface area contributed by atoms with Crippen LogP contribution in [0.1, 0.15) is 61.3 Å². The average molecular weight is 293 g/mol. The van der Waals surface area contributed by atoms with Crippen molar-refractivity contribution in [3.8, 4) is 0 Å². The first-order chi connectivity index (χ1) is 8.58. The number of ether oxygens (including phenoxy) is 2. The molecule has 3 nitrogen and oxygen atoms in total. The van der Waals surface area contributed by atoms with Crippen LogP contribution < -0.4 is 0 Å². The van der Waals surface area contributed by atoms with Gasteiger partial charge in [0.25, 0.3) is 0 Å². The van der Waals surface area contributed by atoms with Gasteiger partial charge in [-0.25, -0.2) is 0 Å². The normalized spacial score (nSPS) is 18.5. The largest absolute Gasteiger partial charge is 0.458 e. The number of carbonyl (C=O) groups is 1. The van der Waals surface area contributed by atoms with E-state index in [1.54, 1.807) is 6.92 Å². The molecule has 3 atom stereocenters. The zero-order valence-corrected chi connectivity index (χ0v) is 14.1. The van der Waals surface area contributed by atoms with Crippen molar-refractivity contribution < 1.29 is 14.3 Å². The Balaban J connectivity index is 4.61. The average Bonchev–Trinajstić information content (AvgIpc) is 2.35. The van der Waals surface area contributed by atoms with Gasteiger partial charge in [0.15, 0.2) is 0 Å². The number of hydrogen-bond acceptors (Lipinski definition) is 3. The van der Waals surface area contributed by atoms with Crippen LogP contribution >= 0.6 is 11.6 Å². The van der Waals surface area contributed by atoms with Crippen molar-refractivity contribution in [1.29, 1.82) is 0 Å². The summed E-state index contributed by atoms with van der Waals surface area (Å²) in [5.74, 6) is -0.254. The van der Waals surface area contributed by atoms with Gasteiger partial charge in [-0.3, -0.25) is 4.79 Å². The predicted octanol–water partition coefficient (Wildman–Crippen LogP) is 4.17. The second kappa shape index (κ2) is 7.49. The Morgan fingerprint density at radius 2 is 1.68 bits per heavy atom. The molecule has 0 amide bonds. The van der Waals surface area contributed by atoms with Crippen molar-refractivity contribution in [3.05, 3.63) is 0 Å². The molecule has 0 fully saturated rings. The third kappa shape index (κ3) is 6.13. The highest BCUT2D eigenvalue weighted by molar-refractivity contribution is 6.29. The summed E-state index contributed by atoms with van der Waals surface area (Å²) < 4.78 is 11.5. The number of esters is 1. The molecular weight excluding hydrogens is 264 g/mol. The molecule has 0 aliphatic heterocycles. The number of alkyl halides is 1.